The molecule has 0 saturated heterocycles. The largest absolute Gasteiger partial charge is 0.402 e. The van der Waals surface area contributed by atoms with Crippen molar-refractivity contribution >= 4 is 0 Å². The number of allylic oxidation sites excluding steroid dienone is 3. The van der Waals surface area contributed by atoms with Gasteiger partial charge < -0.3 is 20.9 Å². The number of nitrogens with two attached hydrogens (primary N) is 2. The average molecular weight is 219 g/mol. The number of aromatic nitrogens is 2. The molecule has 16 heavy (non-hydrogen) atoms. The van der Waals surface area contributed by atoms with E-state index in [0.717, 1.165) is 37.0 Å². The number of hydrogen-bond acceptors (Lipinski definition) is 4. The Kier molecular flexibility index (Phi) is 2.85. The Balaban J connectivity index is 2.09. The third-order valence-corrected chi connectivity index (χ3v) is 2.63. The van der Waals surface area contributed by atoms with Crippen LogP contribution in [0.25, 0.3) is 0 Å². The second-order valence-corrected chi connectivity index (χ2v) is 3.96. The highest BCUT2D eigenvalue weighted by Gasteiger charge is 2.16. The molecule has 1 aliphatic heterocycles. The summed E-state index contributed by atoms with van der Waals surface area (Å²) in [5, 5.41) is 0. The Morgan fingerprint density at radius 1 is 1.38 bits per heavy atom. The molecule has 86 valence electrons. The molecule has 0 unspecified atom stereocenters. The number of imidazole rings is 1. The lowest BCUT2D eigenvalue weighted by molar-refractivity contribution is 0.270. The van der Waals surface area contributed by atoms with Gasteiger partial charge in [-0.25, -0.2) is 4.98 Å². The van der Waals surface area contributed by atoms with Crippen LogP contribution in [0.4, 0.5) is 0 Å². The van der Waals surface area contributed by atoms with Crippen LogP contribution in [0.3, 0.4) is 0 Å². The van der Waals surface area contributed by atoms with Gasteiger partial charge in [0.25, 0.3) is 0 Å². The van der Waals surface area contributed by atoms with Crippen molar-refractivity contribution in [3.8, 4) is 0 Å². The fraction of sp³-hybridized carbons (Fsp3) is 0.364. The Labute approximate surface area is 95.0 Å². The maximum Gasteiger partial charge on any atom is 0.128 e. The Bertz CT molecular complexity index is 425. The van der Waals surface area contributed by atoms with Gasteiger partial charge in [-0.1, -0.05) is 0 Å². The van der Waals surface area contributed by atoms with Crippen molar-refractivity contribution in [2.24, 2.45) is 11.5 Å². The number of rotatable bonds is 2. The topological polar surface area (TPSA) is 73.1 Å². The molecule has 0 amide bonds. The first kappa shape index (κ1) is 10.6. The standard InChI is InChI=1S/C11H17N5/c1-9(12)2-3-10(13)16-7-6-15-5-4-14-11(15)8-16/h2-5H,6-8,12-13H2,1H3/b9-2-,10-3+. The van der Waals surface area contributed by atoms with Crippen molar-refractivity contribution in [1.29, 1.82) is 0 Å². The van der Waals surface area contributed by atoms with Crippen LogP contribution in [0.2, 0.25) is 0 Å². The van der Waals surface area contributed by atoms with Crippen LogP contribution in [0, 0.1) is 0 Å². The Morgan fingerprint density at radius 2 is 2.19 bits per heavy atom. The van der Waals surface area contributed by atoms with Gasteiger partial charge in [0.2, 0.25) is 0 Å². The summed E-state index contributed by atoms with van der Waals surface area (Å²) < 4.78 is 2.15. The Hall–Kier alpha value is -1.91. The molecule has 0 atom stereocenters. The molecule has 1 aromatic heterocycles. The van der Waals surface area contributed by atoms with Gasteiger partial charge in [0.15, 0.2) is 0 Å². The lowest BCUT2D eigenvalue weighted by atomic mass is 10.3. The molecule has 0 spiro atoms. The summed E-state index contributed by atoms with van der Waals surface area (Å²) in [5.74, 6) is 1.79. The zero-order valence-corrected chi connectivity index (χ0v) is 9.43. The van der Waals surface area contributed by atoms with E-state index in [0.29, 0.717) is 0 Å². The smallest absolute Gasteiger partial charge is 0.128 e. The third-order valence-electron chi connectivity index (χ3n) is 2.63. The first-order valence-corrected chi connectivity index (χ1v) is 5.31. The molecule has 0 fully saturated rings. The molecule has 0 bridgehead atoms. The van der Waals surface area contributed by atoms with Gasteiger partial charge in [-0.2, -0.15) is 0 Å². The predicted octanol–water partition coefficient (Wildman–Crippen LogP) is 0.361. The van der Waals surface area contributed by atoms with Crippen molar-refractivity contribution in [3.05, 3.63) is 41.9 Å². The van der Waals surface area contributed by atoms with Crippen LogP contribution in [-0.4, -0.2) is 21.0 Å². The van der Waals surface area contributed by atoms with Crippen molar-refractivity contribution in [1.82, 2.24) is 14.5 Å². The summed E-state index contributed by atoms with van der Waals surface area (Å²) in [5.41, 5.74) is 12.3. The minimum atomic E-state index is 0.735. The molecule has 0 aliphatic carbocycles. The highest BCUT2D eigenvalue weighted by atomic mass is 15.3. The summed E-state index contributed by atoms with van der Waals surface area (Å²) in [7, 11) is 0. The molecular formula is C11H17N5. The fourth-order valence-corrected chi connectivity index (χ4v) is 1.72. The van der Waals surface area contributed by atoms with Crippen molar-refractivity contribution in [2.45, 2.75) is 20.0 Å². The maximum absolute atomic E-state index is 5.97. The Morgan fingerprint density at radius 3 is 2.94 bits per heavy atom. The van der Waals surface area contributed by atoms with Crippen molar-refractivity contribution < 1.29 is 0 Å². The molecule has 1 aliphatic rings. The van der Waals surface area contributed by atoms with Gasteiger partial charge in [-0.15, -0.1) is 0 Å². The summed E-state index contributed by atoms with van der Waals surface area (Å²) in [6.07, 6.45) is 7.48. The van der Waals surface area contributed by atoms with Crippen molar-refractivity contribution in [3.63, 3.8) is 0 Å². The number of nitrogens with zero attached hydrogens (tertiary/aromatic N) is 3. The molecule has 4 N–H and O–H groups in total. The fourth-order valence-electron chi connectivity index (χ4n) is 1.72. The van der Waals surface area contributed by atoms with Gasteiger partial charge in [0.1, 0.15) is 5.82 Å². The minimum absolute atomic E-state index is 0.735. The van der Waals surface area contributed by atoms with E-state index in [9.17, 15) is 0 Å². The zero-order chi connectivity index (χ0) is 11.5. The van der Waals surface area contributed by atoms with E-state index < -0.39 is 0 Å². The van der Waals surface area contributed by atoms with Crippen LogP contribution in [0.1, 0.15) is 12.7 Å². The van der Waals surface area contributed by atoms with E-state index in [1.54, 1.807) is 0 Å². The van der Waals surface area contributed by atoms with Crippen molar-refractivity contribution in [2.75, 3.05) is 6.54 Å². The summed E-state index contributed by atoms with van der Waals surface area (Å²) >= 11 is 0. The molecule has 0 saturated carbocycles. The molecular weight excluding hydrogens is 202 g/mol. The van der Waals surface area contributed by atoms with E-state index in [-0.39, 0.29) is 0 Å². The second kappa shape index (κ2) is 4.30. The molecule has 2 rings (SSSR count). The first-order valence-electron chi connectivity index (χ1n) is 5.31. The quantitative estimate of drug-likeness (QED) is 0.704. The van der Waals surface area contributed by atoms with Gasteiger partial charge in [0, 0.05) is 31.2 Å². The maximum atomic E-state index is 5.97. The van der Waals surface area contributed by atoms with E-state index in [4.69, 9.17) is 11.5 Å². The van der Waals surface area contributed by atoms with E-state index in [1.807, 2.05) is 31.5 Å². The van der Waals surface area contributed by atoms with E-state index in [1.165, 1.54) is 0 Å². The summed E-state index contributed by atoms with van der Waals surface area (Å²) in [4.78, 5) is 6.38. The van der Waals surface area contributed by atoms with Gasteiger partial charge in [-0.3, -0.25) is 0 Å². The SMILES string of the molecule is C/C(N)=C/C=C(\N)N1CCn2ccnc2C1. The van der Waals surface area contributed by atoms with Crippen LogP contribution < -0.4 is 11.5 Å². The summed E-state index contributed by atoms with van der Waals surface area (Å²) in [6.45, 7) is 4.43. The third kappa shape index (κ3) is 2.18. The lowest BCUT2D eigenvalue weighted by Crippen LogP contribution is -2.35. The zero-order valence-electron chi connectivity index (χ0n) is 9.43. The highest BCUT2D eigenvalue weighted by Crippen LogP contribution is 2.12. The van der Waals surface area contributed by atoms with Crippen LogP contribution in [0.5, 0.6) is 0 Å². The number of fused-ring (bicyclic) bond motifs is 1. The molecule has 2 heterocycles. The average Bonchev–Trinajstić information content (AvgIpc) is 2.72. The number of hydrogen-bond donors (Lipinski definition) is 2. The molecule has 5 heteroatoms. The van der Waals surface area contributed by atoms with E-state index in [2.05, 4.69) is 14.5 Å². The van der Waals surface area contributed by atoms with Crippen LogP contribution in [0.15, 0.2) is 36.1 Å². The monoisotopic (exact) mass is 219 g/mol. The van der Waals surface area contributed by atoms with Gasteiger partial charge in [-0.05, 0) is 19.1 Å². The predicted molar refractivity (Wildman–Crippen MR) is 62.9 cm³/mol. The van der Waals surface area contributed by atoms with Crippen LogP contribution >= 0.6 is 0 Å². The normalized spacial score (nSPS) is 17.4. The van der Waals surface area contributed by atoms with Gasteiger partial charge >= 0.3 is 0 Å². The minimum Gasteiger partial charge on any atom is -0.402 e. The molecule has 5 nitrogen and oxygen atoms in total. The van der Waals surface area contributed by atoms with Gasteiger partial charge in [0.05, 0.1) is 12.4 Å². The molecule has 0 aromatic carbocycles. The van der Waals surface area contributed by atoms with E-state index >= 15 is 0 Å². The highest BCUT2D eigenvalue weighted by molar-refractivity contribution is 5.13. The first-order chi connectivity index (χ1) is 7.66. The lowest BCUT2D eigenvalue weighted by Gasteiger charge is -2.29. The van der Waals surface area contributed by atoms with Crippen LogP contribution in [-0.2, 0) is 13.1 Å². The second-order valence-electron chi connectivity index (χ2n) is 3.96. The summed E-state index contributed by atoms with van der Waals surface area (Å²) in [6, 6.07) is 0. The molecule has 1 aromatic rings. The molecule has 0 radical (unpaired) electrons.